The number of methoxy groups -OCH3 is 1. The van der Waals surface area contributed by atoms with E-state index in [4.69, 9.17) is 9.84 Å². The van der Waals surface area contributed by atoms with Crippen LogP contribution in [0.15, 0.2) is 22.7 Å². The minimum Gasteiger partial charge on any atom is -0.497 e. The molecular formula is C11H13BrN2O4. The second-order valence-electron chi connectivity index (χ2n) is 3.50. The highest BCUT2D eigenvalue weighted by atomic mass is 79.9. The van der Waals surface area contributed by atoms with E-state index in [0.717, 1.165) is 0 Å². The second kappa shape index (κ2) is 6.25. The third-order valence-electron chi connectivity index (χ3n) is 2.14. The minimum absolute atomic E-state index is 0.490. The van der Waals surface area contributed by atoms with Crippen LogP contribution in [0.4, 0.5) is 10.5 Å². The van der Waals surface area contributed by atoms with Gasteiger partial charge in [0.2, 0.25) is 0 Å². The molecule has 0 aliphatic rings. The number of halogens is 1. The number of anilines is 1. The standard InChI is InChI=1S/C11H13BrN2O4/c1-6(10(15)16)13-11(17)14-9-5-7(18-2)3-4-8(9)12/h3-6H,1-2H3,(H,15,16)(H2,13,14,17)/t6-/m0/s1. The van der Waals surface area contributed by atoms with Crippen LogP contribution in [0.25, 0.3) is 0 Å². The summed E-state index contributed by atoms with van der Waals surface area (Å²) in [4.78, 5) is 22.1. The van der Waals surface area contributed by atoms with Crippen LogP contribution in [0.5, 0.6) is 5.75 Å². The molecule has 7 heteroatoms. The van der Waals surface area contributed by atoms with E-state index in [-0.39, 0.29) is 0 Å². The van der Waals surface area contributed by atoms with Gasteiger partial charge in [-0.3, -0.25) is 4.79 Å². The lowest BCUT2D eigenvalue weighted by molar-refractivity contribution is -0.138. The molecule has 0 aliphatic heterocycles. The zero-order valence-corrected chi connectivity index (χ0v) is 11.4. The lowest BCUT2D eigenvalue weighted by atomic mass is 10.3. The Balaban J connectivity index is 2.72. The lowest BCUT2D eigenvalue weighted by Gasteiger charge is -2.12. The lowest BCUT2D eigenvalue weighted by Crippen LogP contribution is -2.40. The van der Waals surface area contributed by atoms with Crippen molar-refractivity contribution in [1.82, 2.24) is 5.32 Å². The third kappa shape index (κ3) is 3.92. The summed E-state index contributed by atoms with van der Waals surface area (Å²) in [6.45, 7) is 1.38. The maximum atomic E-state index is 11.5. The first-order chi connectivity index (χ1) is 8.43. The third-order valence-corrected chi connectivity index (χ3v) is 2.83. The molecule has 0 spiro atoms. The Morgan fingerprint density at radius 3 is 2.67 bits per heavy atom. The van der Waals surface area contributed by atoms with E-state index in [9.17, 15) is 9.59 Å². The molecule has 0 saturated carbocycles. The molecule has 1 rings (SSSR count). The van der Waals surface area contributed by atoms with Gasteiger partial charge in [-0.1, -0.05) is 0 Å². The van der Waals surface area contributed by atoms with Crippen molar-refractivity contribution in [3.8, 4) is 5.75 Å². The Morgan fingerprint density at radius 1 is 1.44 bits per heavy atom. The highest BCUT2D eigenvalue weighted by Gasteiger charge is 2.14. The number of aliphatic carboxylic acids is 1. The normalized spacial score (nSPS) is 11.5. The van der Waals surface area contributed by atoms with Crippen LogP contribution in [-0.4, -0.2) is 30.3 Å². The zero-order chi connectivity index (χ0) is 13.7. The van der Waals surface area contributed by atoms with Gasteiger partial charge in [-0.05, 0) is 35.0 Å². The van der Waals surface area contributed by atoms with Gasteiger partial charge in [-0.25, -0.2) is 4.79 Å². The van der Waals surface area contributed by atoms with Gasteiger partial charge in [0.15, 0.2) is 0 Å². The Labute approximate surface area is 112 Å². The molecule has 1 aromatic carbocycles. The number of benzene rings is 1. The molecule has 1 aromatic rings. The molecule has 0 bridgehead atoms. The van der Waals surface area contributed by atoms with Crippen molar-refractivity contribution in [2.45, 2.75) is 13.0 Å². The Bertz CT molecular complexity index is 464. The van der Waals surface area contributed by atoms with Gasteiger partial charge >= 0.3 is 12.0 Å². The molecular weight excluding hydrogens is 304 g/mol. The van der Waals surface area contributed by atoms with Crippen LogP contribution in [-0.2, 0) is 4.79 Å². The van der Waals surface area contributed by atoms with E-state index < -0.39 is 18.0 Å². The molecule has 2 amide bonds. The van der Waals surface area contributed by atoms with Crippen molar-refractivity contribution < 1.29 is 19.4 Å². The molecule has 0 saturated heterocycles. The first kappa shape index (κ1) is 14.3. The molecule has 0 aromatic heterocycles. The number of amides is 2. The number of hydrogen-bond donors (Lipinski definition) is 3. The summed E-state index contributed by atoms with van der Waals surface area (Å²) in [5, 5.41) is 13.5. The van der Waals surface area contributed by atoms with E-state index in [2.05, 4.69) is 26.6 Å². The van der Waals surface area contributed by atoms with E-state index in [1.54, 1.807) is 18.2 Å². The topological polar surface area (TPSA) is 87.7 Å². The molecule has 3 N–H and O–H groups in total. The number of carbonyl (C=O) groups excluding carboxylic acids is 1. The molecule has 1 atom stereocenters. The Morgan fingerprint density at radius 2 is 2.11 bits per heavy atom. The van der Waals surface area contributed by atoms with E-state index in [0.29, 0.717) is 15.9 Å². The number of nitrogens with one attached hydrogen (secondary N) is 2. The van der Waals surface area contributed by atoms with Crippen LogP contribution in [0, 0.1) is 0 Å². The van der Waals surface area contributed by atoms with Crippen LogP contribution < -0.4 is 15.4 Å². The molecule has 0 unspecified atom stereocenters. The average molecular weight is 317 g/mol. The van der Waals surface area contributed by atoms with E-state index in [1.807, 2.05) is 0 Å². The zero-order valence-electron chi connectivity index (χ0n) is 9.86. The minimum atomic E-state index is -1.10. The Hall–Kier alpha value is -1.76. The number of carboxylic acids is 1. The van der Waals surface area contributed by atoms with E-state index >= 15 is 0 Å². The first-order valence-electron chi connectivity index (χ1n) is 5.08. The number of carboxylic acid groups (broad SMARTS) is 1. The predicted octanol–water partition coefficient (Wildman–Crippen LogP) is 2.05. The molecule has 98 valence electrons. The molecule has 18 heavy (non-hydrogen) atoms. The smallest absolute Gasteiger partial charge is 0.325 e. The molecule has 0 aliphatic carbocycles. The first-order valence-corrected chi connectivity index (χ1v) is 5.87. The van der Waals surface area contributed by atoms with Crippen LogP contribution >= 0.6 is 15.9 Å². The van der Waals surface area contributed by atoms with Gasteiger partial charge in [0, 0.05) is 10.5 Å². The van der Waals surface area contributed by atoms with Gasteiger partial charge in [0.05, 0.1) is 12.8 Å². The quantitative estimate of drug-likeness (QED) is 0.793. The summed E-state index contributed by atoms with van der Waals surface area (Å²) < 4.78 is 5.69. The summed E-state index contributed by atoms with van der Waals surface area (Å²) in [6.07, 6.45) is 0. The van der Waals surface area contributed by atoms with Crippen LogP contribution in [0.3, 0.4) is 0 Å². The van der Waals surface area contributed by atoms with Gasteiger partial charge in [0.1, 0.15) is 11.8 Å². The fourth-order valence-electron chi connectivity index (χ4n) is 1.14. The van der Waals surface area contributed by atoms with Crippen molar-refractivity contribution in [2.24, 2.45) is 0 Å². The summed E-state index contributed by atoms with van der Waals surface area (Å²) in [5.74, 6) is -0.519. The molecule has 0 heterocycles. The van der Waals surface area contributed by atoms with Crippen molar-refractivity contribution in [3.05, 3.63) is 22.7 Å². The fraction of sp³-hybridized carbons (Fsp3) is 0.273. The van der Waals surface area contributed by atoms with Crippen LogP contribution in [0.2, 0.25) is 0 Å². The number of ether oxygens (including phenoxy) is 1. The SMILES string of the molecule is COc1ccc(Br)c(NC(=O)N[C@@H](C)C(=O)O)c1. The highest BCUT2D eigenvalue weighted by molar-refractivity contribution is 9.10. The molecule has 6 nitrogen and oxygen atoms in total. The van der Waals surface area contributed by atoms with Crippen molar-refractivity contribution in [3.63, 3.8) is 0 Å². The average Bonchev–Trinajstić information content (AvgIpc) is 2.31. The number of carbonyl (C=O) groups is 2. The van der Waals surface area contributed by atoms with Gasteiger partial charge < -0.3 is 20.5 Å². The van der Waals surface area contributed by atoms with Gasteiger partial charge in [0.25, 0.3) is 0 Å². The van der Waals surface area contributed by atoms with Gasteiger partial charge in [-0.15, -0.1) is 0 Å². The summed E-state index contributed by atoms with van der Waals surface area (Å²) in [6, 6.07) is 3.50. The second-order valence-corrected chi connectivity index (χ2v) is 4.36. The van der Waals surface area contributed by atoms with Crippen molar-refractivity contribution >= 4 is 33.6 Å². The summed E-state index contributed by atoms with van der Waals surface area (Å²) >= 11 is 3.27. The maximum Gasteiger partial charge on any atom is 0.325 e. The molecule has 0 fully saturated rings. The number of rotatable bonds is 4. The van der Waals surface area contributed by atoms with Crippen molar-refractivity contribution in [2.75, 3.05) is 12.4 Å². The summed E-state index contributed by atoms with van der Waals surface area (Å²) in [7, 11) is 1.51. The monoisotopic (exact) mass is 316 g/mol. The Kier molecular flexibility index (Phi) is 4.96. The largest absolute Gasteiger partial charge is 0.497 e. The van der Waals surface area contributed by atoms with Gasteiger partial charge in [-0.2, -0.15) is 0 Å². The number of hydrogen-bond acceptors (Lipinski definition) is 3. The summed E-state index contributed by atoms with van der Waals surface area (Å²) in [5.41, 5.74) is 0.490. The number of urea groups is 1. The highest BCUT2D eigenvalue weighted by Crippen LogP contribution is 2.26. The van der Waals surface area contributed by atoms with E-state index in [1.165, 1.54) is 14.0 Å². The predicted molar refractivity (Wildman–Crippen MR) is 69.9 cm³/mol. The van der Waals surface area contributed by atoms with Crippen molar-refractivity contribution in [1.29, 1.82) is 0 Å². The maximum absolute atomic E-state index is 11.5. The molecule has 0 radical (unpaired) electrons. The fourth-order valence-corrected chi connectivity index (χ4v) is 1.49. The van der Waals surface area contributed by atoms with Crippen LogP contribution in [0.1, 0.15) is 6.92 Å².